The smallest absolute Gasteiger partial charge is 0.123 e. The minimum absolute atomic E-state index is 0.195. The van der Waals surface area contributed by atoms with Gasteiger partial charge in [0.05, 0.1) is 11.9 Å². The van der Waals surface area contributed by atoms with Crippen LogP contribution in [0.2, 0.25) is 0 Å². The monoisotopic (exact) mass is 338 g/mol. The van der Waals surface area contributed by atoms with E-state index < -0.39 is 0 Å². The van der Waals surface area contributed by atoms with Crippen molar-refractivity contribution in [3.63, 3.8) is 0 Å². The zero-order chi connectivity index (χ0) is 17.4. The molecule has 3 aromatic rings. The van der Waals surface area contributed by atoms with Gasteiger partial charge in [-0.3, -0.25) is 9.36 Å². The highest BCUT2D eigenvalue weighted by Crippen LogP contribution is 2.31. The Hall–Kier alpha value is -2.43. The lowest BCUT2D eigenvalue weighted by Gasteiger charge is -2.07. The lowest BCUT2D eigenvalue weighted by atomic mass is 9.98. The Bertz CT molecular complexity index is 889. The number of benzene rings is 1. The van der Waals surface area contributed by atoms with E-state index in [1.165, 1.54) is 24.5 Å². The number of aryl methyl sites for hydroxylation is 2. The van der Waals surface area contributed by atoms with Crippen LogP contribution in [0.15, 0.2) is 36.8 Å². The SMILES string of the molecule is CCc1cc(F)ccc1-c1nn(C)cc1Cc1cnn(CC2CC2)c1. The van der Waals surface area contributed by atoms with Gasteiger partial charge < -0.3 is 0 Å². The van der Waals surface area contributed by atoms with Gasteiger partial charge in [0.25, 0.3) is 0 Å². The van der Waals surface area contributed by atoms with Crippen molar-refractivity contribution in [2.75, 3.05) is 0 Å². The molecule has 1 aromatic carbocycles. The molecule has 5 heteroatoms. The van der Waals surface area contributed by atoms with Crippen molar-refractivity contribution < 1.29 is 4.39 Å². The molecule has 0 aliphatic heterocycles. The van der Waals surface area contributed by atoms with Crippen LogP contribution in [0, 0.1) is 11.7 Å². The Morgan fingerprint density at radius 3 is 2.80 bits per heavy atom. The molecule has 2 heterocycles. The molecular formula is C20H23FN4. The fourth-order valence-electron chi connectivity index (χ4n) is 3.36. The Balaban J connectivity index is 1.63. The molecule has 1 aliphatic rings. The molecule has 4 nitrogen and oxygen atoms in total. The molecule has 0 atom stereocenters. The van der Waals surface area contributed by atoms with Gasteiger partial charge in [-0.25, -0.2) is 4.39 Å². The van der Waals surface area contributed by atoms with E-state index in [4.69, 9.17) is 0 Å². The van der Waals surface area contributed by atoms with Crippen LogP contribution in [0.5, 0.6) is 0 Å². The molecule has 1 saturated carbocycles. The number of rotatable bonds is 6. The average Bonchev–Trinajstić information content (AvgIpc) is 3.18. The lowest BCUT2D eigenvalue weighted by molar-refractivity contribution is 0.563. The second kappa shape index (κ2) is 6.47. The molecule has 4 rings (SSSR count). The summed E-state index contributed by atoms with van der Waals surface area (Å²) in [6.07, 6.45) is 10.4. The topological polar surface area (TPSA) is 35.6 Å². The third kappa shape index (κ3) is 3.50. The van der Waals surface area contributed by atoms with Gasteiger partial charge in [-0.05, 0) is 54.5 Å². The highest BCUT2D eigenvalue weighted by atomic mass is 19.1. The van der Waals surface area contributed by atoms with E-state index in [2.05, 4.69) is 27.3 Å². The van der Waals surface area contributed by atoms with E-state index in [1.807, 2.05) is 30.9 Å². The van der Waals surface area contributed by atoms with Crippen molar-refractivity contribution in [3.8, 4) is 11.3 Å². The minimum atomic E-state index is -0.195. The normalized spacial score (nSPS) is 14.2. The van der Waals surface area contributed by atoms with Gasteiger partial charge in [-0.15, -0.1) is 0 Å². The number of aromatic nitrogens is 4. The van der Waals surface area contributed by atoms with Crippen LogP contribution in [-0.4, -0.2) is 19.6 Å². The largest absolute Gasteiger partial charge is 0.275 e. The molecule has 0 bridgehead atoms. The van der Waals surface area contributed by atoms with Gasteiger partial charge in [0.1, 0.15) is 5.82 Å². The molecule has 1 aliphatic carbocycles. The van der Waals surface area contributed by atoms with E-state index in [1.54, 1.807) is 6.07 Å². The first-order valence-electron chi connectivity index (χ1n) is 8.95. The maximum atomic E-state index is 13.6. The summed E-state index contributed by atoms with van der Waals surface area (Å²) in [4.78, 5) is 0. The number of hydrogen-bond donors (Lipinski definition) is 0. The van der Waals surface area contributed by atoms with E-state index in [-0.39, 0.29) is 5.82 Å². The van der Waals surface area contributed by atoms with E-state index in [0.29, 0.717) is 0 Å². The summed E-state index contributed by atoms with van der Waals surface area (Å²) in [6, 6.07) is 4.97. The fraction of sp³-hybridized carbons (Fsp3) is 0.400. The van der Waals surface area contributed by atoms with Crippen molar-refractivity contribution in [1.82, 2.24) is 19.6 Å². The van der Waals surface area contributed by atoms with Gasteiger partial charge in [0.2, 0.25) is 0 Å². The molecule has 25 heavy (non-hydrogen) atoms. The molecule has 2 aromatic heterocycles. The second-order valence-corrected chi connectivity index (χ2v) is 7.02. The number of halogens is 1. The fourth-order valence-corrected chi connectivity index (χ4v) is 3.36. The molecule has 1 fully saturated rings. The van der Waals surface area contributed by atoms with E-state index in [0.717, 1.165) is 47.7 Å². The molecule has 0 spiro atoms. The van der Waals surface area contributed by atoms with E-state index in [9.17, 15) is 4.39 Å². The predicted octanol–water partition coefficient (Wildman–Crippen LogP) is 3.99. The van der Waals surface area contributed by atoms with Crippen molar-refractivity contribution in [3.05, 3.63) is 59.3 Å². The minimum Gasteiger partial charge on any atom is -0.275 e. The summed E-state index contributed by atoms with van der Waals surface area (Å²) >= 11 is 0. The highest BCUT2D eigenvalue weighted by molar-refractivity contribution is 5.67. The Labute approximate surface area is 147 Å². The van der Waals surface area contributed by atoms with Crippen molar-refractivity contribution >= 4 is 0 Å². The first-order valence-corrected chi connectivity index (χ1v) is 8.95. The maximum absolute atomic E-state index is 13.6. The summed E-state index contributed by atoms with van der Waals surface area (Å²) in [7, 11) is 1.93. The number of hydrogen-bond acceptors (Lipinski definition) is 2. The summed E-state index contributed by atoms with van der Waals surface area (Å²) in [5.74, 6) is 0.618. The Kier molecular flexibility index (Phi) is 4.15. The number of nitrogens with zero attached hydrogens (tertiary/aromatic N) is 4. The molecule has 0 amide bonds. The van der Waals surface area contributed by atoms with Gasteiger partial charge in [-0.2, -0.15) is 10.2 Å². The van der Waals surface area contributed by atoms with Crippen molar-refractivity contribution in [2.24, 2.45) is 13.0 Å². The van der Waals surface area contributed by atoms with Crippen LogP contribution in [0.4, 0.5) is 4.39 Å². The van der Waals surface area contributed by atoms with Crippen LogP contribution in [0.1, 0.15) is 36.5 Å². The van der Waals surface area contributed by atoms with Crippen molar-refractivity contribution in [2.45, 2.75) is 39.2 Å². The molecule has 0 N–H and O–H groups in total. The second-order valence-electron chi connectivity index (χ2n) is 7.02. The molecule has 0 unspecified atom stereocenters. The van der Waals surface area contributed by atoms with E-state index >= 15 is 0 Å². The van der Waals surface area contributed by atoms with Crippen molar-refractivity contribution in [1.29, 1.82) is 0 Å². The maximum Gasteiger partial charge on any atom is 0.123 e. The summed E-state index contributed by atoms with van der Waals surface area (Å²) in [6.45, 7) is 3.07. The van der Waals surface area contributed by atoms with Gasteiger partial charge in [0.15, 0.2) is 0 Å². The Morgan fingerprint density at radius 1 is 1.20 bits per heavy atom. The molecule has 0 radical (unpaired) electrons. The zero-order valence-electron chi connectivity index (χ0n) is 14.7. The third-order valence-corrected chi connectivity index (χ3v) is 4.83. The van der Waals surface area contributed by atoms with Gasteiger partial charge in [-0.1, -0.05) is 6.92 Å². The zero-order valence-corrected chi connectivity index (χ0v) is 14.7. The van der Waals surface area contributed by atoms with Crippen LogP contribution in [0.3, 0.4) is 0 Å². The predicted molar refractivity (Wildman–Crippen MR) is 95.7 cm³/mol. The first kappa shape index (κ1) is 16.1. The summed E-state index contributed by atoms with van der Waals surface area (Å²) in [5, 5.41) is 9.13. The van der Waals surface area contributed by atoms with Crippen LogP contribution in [0.25, 0.3) is 11.3 Å². The van der Waals surface area contributed by atoms with Crippen LogP contribution < -0.4 is 0 Å². The van der Waals surface area contributed by atoms with Crippen LogP contribution >= 0.6 is 0 Å². The Morgan fingerprint density at radius 2 is 2.04 bits per heavy atom. The molecule has 130 valence electrons. The quantitative estimate of drug-likeness (QED) is 0.681. The highest BCUT2D eigenvalue weighted by Gasteiger charge is 2.22. The summed E-state index contributed by atoms with van der Waals surface area (Å²) < 4.78 is 17.5. The molecular weight excluding hydrogens is 315 g/mol. The summed E-state index contributed by atoms with van der Waals surface area (Å²) in [5.41, 5.74) is 5.29. The van der Waals surface area contributed by atoms with Gasteiger partial charge >= 0.3 is 0 Å². The van der Waals surface area contributed by atoms with Gasteiger partial charge in [0, 0.05) is 43.5 Å². The lowest BCUT2D eigenvalue weighted by Crippen LogP contribution is -1.99. The first-order chi connectivity index (χ1) is 12.1. The third-order valence-electron chi connectivity index (χ3n) is 4.83. The standard InChI is InChI=1S/C20H23FN4/c1-3-16-9-18(21)6-7-19(16)20-17(13-24(2)23-20)8-15-10-22-25(12-15)11-14-4-5-14/h6-7,9-10,12-14H,3-5,8,11H2,1-2H3. The molecule has 0 saturated heterocycles. The average molecular weight is 338 g/mol. The van der Waals surface area contributed by atoms with Crippen LogP contribution in [-0.2, 0) is 26.4 Å².